The summed E-state index contributed by atoms with van der Waals surface area (Å²) in [5.74, 6) is 0.760. The van der Waals surface area contributed by atoms with Gasteiger partial charge in [-0.15, -0.1) is 0 Å². The lowest BCUT2D eigenvalue weighted by Crippen LogP contribution is -2.53. The molecular formula is C26H41N3O4. The van der Waals surface area contributed by atoms with E-state index in [4.69, 9.17) is 15.2 Å². The van der Waals surface area contributed by atoms with Crippen LogP contribution in [-0.2, 0) is 32.0 Å². The number of carbonyl (C=O) groups excluding carboxylic acids is 2. The minimum atomic E-state index is -0.463. The van der Waals surface area contributed by atoms with E-state index in [0.29, 0.717) is 58.9 Å². The molecule has 0 spiro atoms. The quantitative estimate of drug-likeness (QED) is 0.443. The molecule has 7 heteroatoms. The Hall–Kier alpha value is -1.96. The summed E-state index contributed by atoms with van der Waals surface area (Å²) in [6.07, 6.45) is 9.73. The van der Waals surface area contributed by atoms with E-state index in [1.165, 1.54) is 32.1 Å². The standard InChI is InChI=1S/C26H41N3O4/c27-13-15-32-17-18-33-16-14-28-26(31)24-19-22-10-4-5-11-23(22)20-29(24)25(30)12-6-9-21-7-2-1-3-8-21/h4-5,10-11,21,24H,1-3,6-9,12-20,27H2,(H,28,31). The van der Waals surface area contributed by atoms with Gasteiger partial charge in [0.1, 0.15) is 6.04 Å². The van der Waals surface area contributed by atoms with Crippen molar-refractivity contribution in [1.29, 1.82) is 0 Å². The first-order valence-corrected chi connectivity index (χ1v) is 12.7. The molecule has 1 aromatic carbocycles. The van der Waals surface area contributed by atoms with Gasteiger partial charge in [-0.25, -0.2) is 0 Å². The van der Waals surface area contributed by atoms with Crippen molar-refractivity contribution in [2.75, 3.05) is 39.5 Å². The van der Waals surface area contributed by atoms with Crippen LogP contribution in [0.3, 0.4) is 0 Å². The molecule has 1 aromatic rings. The van der Waals surface area contributed by atoms with E-state index >= 15 is 0 Å². The predicted octanol–water partition coefficient (Wildman–Crippen LogP) is 2.80. The van der Waals surface area contributed by atoms with E-state index in [0.717, 1.165) is 29.9 Å². The summed E-state index contributed by atoms with van der Waals surface area (Å²) in [5, 5.41) is 2.96. The van der Waals surface area contributed by atoms with Gasteiger partial charge in [-0.1, -0.05) is 56.4 Å². The van der Waals surface area contributed by atoms with Crippen LogP contribution in [0.5, 0.6) is 0 Å². The molecule has 2 amide bonds. The first-order valence-electron chi connectivity index (χ1n) is 12.7. The molecule has 2 aliphatic rings. The molecule has 1 unspecified atom stereocenters. The fraction of sp³-hybridized carbons (Fsp3) is 0.692. The number of hydrogen-bond donors (Lipinski definition) is 2. The van der Waals surface area contributed by atoms with Crippen molar-refractivity contribution in [3.05, 3.63) is 35.4 Å². The van der Waals surface area contributed by atoms with Gasteiger partial charge in [0, 0.05) is 32.5 Å². The molecular weight excluding hydrogens is 418 g/mol. The summed E-state index contributed by atoms with van der Waals surface area (Å²) >= 11 is 0. The Labute approximate surface area is 198 Å². The number of nitrogens with one attached hydrogen (secondary N) is 1. The number of amides is 2. The minimum absolute atomic E-state index is 0.0914. The molecule has 33 heavy (non-hydrogen) atoms. The Kier molecular flexibility index (Phi) is 11.1. The Morgan fingerprint density at radius 3 is 2.48 bits per heavy atom. The van der Waals surface area contributed by atoms with E-state index in [1.54, 1.807) is 4.90 Å². The van der Waals surface area contributed by atoms with Gasteiger partial charge in [0.05, 0.1) is 26.4 Å². The van der Waals surface area contributed by atoms with Gasteiger partial charge < -0.3 is 25.4 Å². The zero-order valence-electron chi connectivity index (χ0n) is 19.9. The van der Waals surface area contributed by atoms with Crippen molar-refractivity contribution >= 4 is 11.8 Å². The molecule has 1 heterocycles. The molecule has 0 bridgehead atoms. The second-order valence-electron chi connectivity index (χ2n) is 9.21. The molecule has 0 saturated heterocycles. The molecule has 1 aliphatic carbocycles. The molecule has 3 N–H and O–H groups in total. The van der Waals surface area contributed by atoms with Crippen molar-refractivity contribution in [2.24, 2.45) is 11.7 Å². The highest BCUT2D eigenvalue weighted by atomic mass is 16.5. The van der Waals surface area contributed by atoms with Gasteiger partial charge in [0.25, 0.3) is 0 Å². The van der Waals surface area contributed by atoms with Gasteiger partial charge in [0.2, 0.25) is 11.8 Å². The molecule has 0 aromatic heterocycles. The largest absolute Gasteiger partial charge is 0.378 e. The normalized spacial score (nSPS) is 18.7. The van der Waals surface area contributed by atoms with Crippen molar-refractivity contribution in [1.82, 2.24) is 10.2 Å². The van der Waals surface area contributed by atoms with Crippen molar-refractivity contribution in [3.63, 3.8) is 0 Å². The number of nitrogens with zero attached hydrogens (tertiary/aromatic N) is 1. The number of carbonyl (C=O) groups is 2. The summed E-state index contributed by atoms with van der Waals surface area (Å²) in [6, 6.07) is 7.65. The summed E-state index contributed by atoms with van der Waals surface area (Å²) in [7, 11) is 0. The van der Waals surface area contributed by atoms with Gasteiger partial charge in [0.15, 0.2) is 0 Å². The van der Waals surface area contributed by atoms with Crippen LogP contribution in [0, 0.1) is 5.92 Å². The molecule has 0 radical (unpaired) electrons. The third-order valence-corrected chi connectivity index (χ3v) is 6.78. The van der Waals surface area contributed by atoms with Gasteiger partial charge >= 0.3 is 0 Å². The molecule has 184 valence electrons. The number of rotatable bonds is 13. The summed E-state index contributed by atoms with van der Waals surface area (Å²) in [4.78, 5) is 28.0. The Morgan fingerprint density at radius 2 is 1.73 bits per heavy atom. The highest BCUT2D eigenvalue weighted by Gasteiger charge is 2.34. The van der Waals surface area contributed by atoms with Crippen LogP contribution in [0.4, 0.5) is 0 Å². The molecule has 1 aliphatic heterocycles. The van der Waals surface area contributed by atoms with E-state index in [2.05, 4.69) is 17.4 Å². The molecule has 1 saturated carbocycles. The number of fused-ring (bicyclic) bond motifs is 1. The van der Waals surface area contributed by atoms with E-state index < -0.39 is 6.04 Å². The average molecular weight is 460 g/mol. The second-order valence-corrected chi connectivity index (χ2v) is 9.21. The molecule has 1 fully saturated rings. The fourth-order valence-corrected chi connectivity index (χ4v) is 4.95. The molecule has 3 rings (SSSR count). The Bertz CT molecular complexity index is 736. The highest BCUT2D eigenvalue weighted by molar-refractivity contribution is 5.88. The number of hydrogen-bond acceptors (Lipinski definition) is 5. The van der Waals surface area contributed by atoms with E-state index in [-0.39, 0.29) is 11.8 Å². The third-order valence-electron chi connectivity index (χ3n) is 6.78. The van der Waals surface area contributed by atoms with Crippen molar-refractivity contribution < 1.29 is 19.1 Å². The SMILES string of the molecule is NCCOCCOCCNC(=O)C1Cc2ccccc2CN1C(=O)CCCC1CCCCC1. The van der Waals surface area contributed by atoms with Gasteiger partial charge in [-0.05, 0) is 29.9 Å². The van der Waals surface area contributed by atoms with Crippen LogP contribution >= 0.6 is 0 Å². The first kappa shape index (κ1) is 25.7. The monoisotopic (exact) mass is 459 g/mol. The third kappa shape index (κ3) is 8.40. The smallest absolute Gasteiger partial charge is 0.243 e. The fourth-order valence-electron chi connectivity index (χ4n) is 4.95. The first-order chi connectivity index (χ1) is 16.2. The van der Waals surface area contributed by atoms with Crippen LogP contribution in [0.25, 0.3) is 0 Å². The zero-order valence-corrected chi connectivity index (χ0v) is 19.9. The van der Waals surface area contributed by atoms with Gasteiger partial charge in [-0.2, -0.15) is 0 Å². The second kappa shape index (κ2) is 14.3. The summed E-state index contributed by atoms with van der Waals surface area (Å²) in [6.45, 7) is 3.32. The maximum Gasteiger partial charge on any atom is 0.243 e. The van der Waals surface area contributed by atoms with Crippen molar-refractivity contribution in [2.45, 2.75) is 70.4 Å². The summed E-state index contributed by atoms with van der Waals surface area (Å²) < 4.78 is 10.8. The van der Waals surface area contributed by atoms with E-state index in [1.807, 2.05) is 12.1 Å². The lowest BCUT2D eigenvalue weighted by atomic mass is 9.85. The highest BCUT2D eigenvalue weighted by Crippen LogP contribution is 2.29. The topological polar surface area (TPSA) is 93.9 Å². The Balaban J connectivity index is 1.48. The number of benzene rings is 1. The van der Waals surface area contributed by atoms with Gasteiger partial charge in [-0.3, -0.25) is 9.59 Å². The van der Waals surface area contributed by atoms with Crippen LogP contribution in [0.1, 0.15) is 62.5 Å². The van der Waals surface area contributed by atoms with E-state index in [9.17, 15) is 9.59 Å². The van der Waals surface area contributed by atoms with Crippen LogP contribution < -0.4 is 11.1 Å². The van der Waals surface area contributed by atoms with Crippen LogP contribution in [0.2, 0.25) is 0 Å². The van der Waals surface area contributed by atoms with Crippen molar-refractivity contribution in [3.8, 4) is 0 Å². The van der Waals surface area contributed by atoms with Crippen LogP contribution in [0.15, 0.2) is 24.3 Å². The summed E-state index contributed by atoms with van der Waals surface area (Å²) in [5.41, 5.74) is 7.67. The predicted molar refractivity (Wildman–Crippen MR) is 129 cm³/mol. The maximum atomic E-state index is 13.2. The average Bonchev–Trinajstić information content (AvgIpc) is 2.85. The van der Waals surface area contributed by atoms with Crippen LogP contribution in [-0.4, -0.2) is 62.3 Å². The molecule has 1 atom stereocenters. The lowest BCUT2D eigenvalue weighted by Gasteiger charge is -2.36. The number of ether oxygens (including phenoxy) is 2. The maximum absolute atomic E-state index is 13.2. The zero-order chi connectivity index (χ0) is 23.3. The number of nitrogens with two attached hydrogens (primary N) is 1. The lowest BCUT2D eigenvalue weighted by molar-refractivity contribution is -0.142. The molecule has 7 nitrogen and oxygen atoms in total. The minimum Gasteiger partial charge on any atom is -0.378 e. The Morgan fingerprint density at radius 1 is 1.00 bits per heavy atom.